The minimum Gasteiger partial charge on any atom is -0.462 e. The molecule has 1 aromatic carbocycles. The lowest BCUT2D eigenvalue weighted by atomic mass is 9.81. The lowest BCUT2D eigenvalue weighted by Crippen LogP contribution is -2.53. The summed E-state index contributed by atoms with van der Waals surface area (Å²) in [6.45, 7) is 0.0292. The maximum absolute atomic E-state index is 13.1. The average molecular weight is 379 g/mol. The zero-order valence-electron chi connectivity index (χ0n) is 14.8. The SMILES string of the molecule is NCC(=O)O[C@@H]1C(=O)OCC2C(=O)N3Cc4cc5ccccc5nc4C3=CC21. The van der Waals surface area contributed by atoms with Crippen LogP contribution in [0.3, 0.4) is 0 Å². The molecule has 2 aromatic rings. The summed E-state index contributed by atoms with van der Waals surface area (Å²) in [6, 6.07) is 9.77. The van der Waals surface area contributed by atoms with E-state index in [0.29, 0.717) is 17.9 Å². The van der Waals surface area contributed by atoms with Crippen LogP contribution in [-0.4, -0.2) is 47.0 Å². The van der Waals surface area contributed by atoms with Crippen molar-refractivity contribution < 1.29 is 23.9 Å². The second-order valence-electron chi connectivity index (χ2n) is 7.09. The Balaban J connectivity index is 1.60. The van der Waals surface area contributed by atoms with Crippen molar-refractivity contribution >= 4 is 34.4 Å². The average Bonchev–Trinajstić information content (AvgIpc) is 3.06. The number of pyridine rings is 1. The number of nitrogens with two attached hydrogens (primary N) is 1. The molecule has 1 saturated heterocycles. The molecule has 8 nitrogen and oxygen atoms in total. The highest BCUT2D eigenvalue weighted by atomic mass is 16.6. The van der Waals surface area contributed by atoms with Crippen LogP contribution in [0.15, 0.2) is 36.4 Å². The number of hydrogen-bond acceptors (Lipinski definition) is 7. The molecule has 0 aliphatic carbocycles. The number of ether oxygens (including phenoxy) is 2. The van der Waals surface area contributed by atoms with E-state index in [9.17, 15) is 14.4 Å². The Morgan fingerprint density at radius 1 is 1.32 bits per heavy atom. The van der Waals surface area contributed by atoms with Crippen LogP contribution in [0.1, 0.15) is 11.3 Å². The maximum atomic E-state index is 13.1. The van der Waals surface area contributed by atoms with Gasteiger partial charge in [-0.15, -0.1) is 0 Å². The summed E-state index contributed by atoms with van der Waals surface area (Å²) in [5.74, 6) is -2.74. The number of carbonyl (C=O) groups is 3. The minimum atomic E-state index is -1.18. The van der Waals surface area contributed by atoms with E-state index in [2.05, 4.69) is 0 Å². The summed E-state index contributed by atoms with van der Waals surface area (Å²) >= 11 is 0. The monoisotopic (exact) mass is 379 g/mol. The summed E-state index contributed by atoms with van der Waals surface area (Å²) in [5, 5.41) is 1.000. The number of rotatable bonds is 2. The first-order valence-corrected chi connectivity index (χ1v) is 9.05. The number of amides is 1. The number of hydrogen-bond donors (Lipinski definition) is 1. The van der Waals surface area contributed by atoms with Gasteiger partial charge < -0.3 is 20.1 Å². The van der Waals surface area contributed by atoms with E-state index in [4.69, 9.17) is 20.2 Å². The Hall–Kier alpha value is -3.26. The smallest absolute Gasteiger partial charge is 0.348 e. The second-order valence-corrected chi connectivity index (χ2v) is 7.09. The summed E-state index contributed by atoms with van der Waals surface area (Å²) in [7, 11) is 0. The molecular formula is C20H17N3O5. The zero-order valence-corrected chi connectivity index (χ0v) is 14.8. The first-order valence-electron chi connectivity index (χ1n) is 9.05. The van der Waals surface area contributed by atoms with Crippen LogP contribution < -0.4 is 5.73 Å². The summed E-state index contributed by atoms with van der Waals surface area (Å²) < 4.78 is 10.3. The van der Waals surface area contributed by atoms with E-state index in [-0.39, 0.29) is 19.1 Å². The van der Waals surface area contributed by atoms with E-state index in [0.717, 1.165) is 16.5 Å². The largest absolute Gasteiger partial charge is 0.462 e. The van der Waals surface area contributed by atoms with Crippen LogP contribution >= 0.6 is 0 Å². The molecular weight excluding hydrogens is 362 g/mol. The van der Waals surface area contributed by atoms with Crippen molar-refractivity contribution in [2.45, 2.75) is 12.6 Å². The van der Waals surface area contributed by atoms with Gasteiger partial charge in [0.25, 0.3) is 0 Å². The number of para-hydroxylation sites is 1. The van der Waals surface area contributed by atoms with Crippen LogP contribution in [-0.2, 0) is 30.4 Å². The molecule has 0 spiro atoms. The molecule has 0 radical (unpaired) electrons. The zero-order chi connectivity index (χ0) is 19.4. The summed E-state index contributed by atoms with van der Waals surface area (Å²) in [4.78, 5) is 43.4. The van der Waals surface area contributed by atoms with Gasteiger partial charge in [0.05, 0.1) is 35.9 Å². The minimum absolute atomic E-state index is 0.0367. The molecule has 1 amide bonds. The van der Waals surface area contributed by atoms with Gasteiger partial charge in [0, 0.05) is 16.9 Å². The highest BCUT2D eigenvalue weighted by Gasteiger charge is 2.51. The van der Waals surface area contributed by atoms with Gasteiger partial charge in [0.1, 0.15) is 6.61 Å². The summed E-state index contributed by atoms with van der Waals surface area (Å²) in [6.07, 6.45) is 0.632. The molecule has 2 unspecified atom stereocenters. The van der Waals surface area contributed by atoms with Gasteiger partial charge in [-0.1, -0.05) is 24.3 Å². The number of benzene rings is 1. The van der Waals surface area contributed by atoms with E-state index >= 15 is 0 Å². The van der Waals surface area contributed by atoms with Gasteiger partial charge in [0.15, 0.2) is 0 Å². The Kier molecular flexibility index (Phi) is 3.70. The van der Waals surface area contributed by atoms with Gasteiger partial charge in [-0.25, -0.2) is 9.78 Å². The van der Waals surface area contributed by atoms with Crippen molar-refractivity contribution in [1.82, 2.24) is 9.88 Å². The molecule has 142 valence electrons. The molecule has 0 saturated carbocycles. The molecule has 0 bridgehead atoms. The van der Waals surface area contributed by atoms with Gasteiger partial charge >= 0.3 is 11.9 Å². The molecule has 4 heterocycles. The van der Waals surface area contributed by atoms with Gasteiger partial charge in [-0.05, 0) is 12.1 Å². The second kappa shape index (κ2) is 6.13. The lowest BCUT2D eigenvalue weighted by Gasteiger charge is -2.39. The molecule has 1 aromatic heterocycles. The third-order valence-corrected chi connectivity index (χ3v) is 5.48. The standard InChI is InChI=1S/C20H17N3O5/c21-7-16(24)28-18-12-6-15-17-11(5-10-3-1-2-4-14(10)22-17)8-23(15)19(25)13(12)9-27-20(18)26/h1-6,12-13,18H,7-9,21H2/t12?,13?,18-/m0/s1. The van der Waals surface area contributed by atoms with Crippen molar-refractivity contribution in [3.8, 4) is 0 Å². The predicted molar refractivity (Wildman–Crippen MR) is 97.1 cm³/mol. The van der Waals surface area contributed by atoms with Crippen molar-refractivity contribution in [2.24, 2.45) is 17.6 Å². The van der Waals surface area contributed by atoms with Gasteiger partial charge in [-0.2, -0.15) is 0 Å². The Morgan fingerprint density at radius 2 is 2.14 bits per heavy atom. The first kappa shape index (κ1) is 16.9. The molecule has 1 fully saturated rings. The number of fused-ring (bicyclic) bond motifs is 5. The van der Waals surface area contributed by atoms with E-state index in [1.165, 1.54) is 0 Å². The fourth-order valence-corrected chi connectivity index (χ4v) is 4.12. The highest BCUT2D eigenvalue weighted by Crippen LogP contribution is 2.42. The van der Waals surface area contributed by atoms with Crippen molar-refractivity contribution in [1.29, 1.82) is 0 Å². The van der Waals surface area contributed by atoms with E-state index < -0.39 is 29.9 Å². The molecule has 28 heavy (non-hydrogen) atoms. The highest BCUT2D eigenvalue weighted by molar-refractivity contribution is 5.96. The predicted octanol–water partition coefficient (Wildman–Crippen LogP) is 0.591. The molecule has 8 heteroatoms. The van der Waals surface area contributed by atoms with Crippen LogP contribution in [0.2, 0.25) is 0 Å². The number of esters is 2. The number of carbonyl (C=O) groups excluding carboxylic acids is 3. The third kappa shape index (κ3) is 2.41. The fourth-order valence-electron chi connectivity index (χ4n) is 4.12. The number of aromatic nitrogens is 1. The molecule has 3 aliphatic rings. The van der Waals surface area contributed by atoms with Gasteiger partial charge in [0.2, 0.25) is 12.0 Å². The quantitative estimate of drug-likeness (QED) is 0.760. The third-order valence-electron chi connectivity index (χ3n) is 5.48. The molecule has 5 rings (SSSR count). The summed E-state index contributed by atoms with van der Waals surface area (Å²) in [5.41, 5.74) is 8.44. The van der Waals surface area contributed by atoms with Crippen LogP contribution in [0, 0.1) is 11.8 Å². The van der Waals surface area contributed by atoms with Crippen molar-refractivity contribution in [3.63, 3.8) is 0 Å². The van der Waals surface area contributed by atoms with Crippen molar-refractivity contribution in [3.05, 3.63) is 47.7 Å². The molecule has 3 aliphatic heterocycles. The molecule has 3 atom stereocenters. The topological polar surface area (TPSA) is 112 Å². The Bertz CT molecular complexity index is 1060. The number of cyclic esters (lactones) is 1. The van der Waals surface area contributed by atoms with E-state index in [1.54, 1.807) is 4.90 Å². The lowest BCUT2D eigenvalue weighted by molar-refractivity contribution is -0.183. The van der Waals surface area contributed by atoms with Gasteiger partial charge in [-0.3, -0.25) is 9.59 Å². The van der Waals surface area contributed by atoms with Crippen LogP contribution in [0.5, 0.6) is 0 Å². The number of nitrogens with zero attached hydrogens (tertiary/aromatic N) is 2. The van der Waals surface area contributed by atoms with E-state index in [1.807, 2.05) is 36.4 Å². The van der Waals surface area contributed by atoms with Crippen LogP contribution in [0.25, 0.3) is 16.6 Å². The normalized spacial score (nSPS) is 25.5. The van der Waals surface area contributed by atoms with Crippen molar-refractivity contribution in [2.75, 3.05) is 13.2 Å². The first-order chi connectivity index (χ1) is 13.6. The Labute approximate surface area is 159 Å². The molecule has 2 N–H and O–H groups in total. The van der Waals surface area contributed by atoms with Crippen LogP contribution in [0.4, 0.5) is 0 Å². The maximum Gasteiger partial charge on any atom is 0.348 e. The fraction of sp³-hybridized carbons (Fsp3) is 0.300. The Morgan fingerprint density at radius 3 is 2.96 bits per heavy atom.